The monoisotopic (exact) mass is 333 g/mol. The Hall–Kier alpha value is -2.20. The molecule has 0 heterocycles. The molecular formula is C18H17ClFNO2. The first kappa shape index (κ1) is 17.2. The molecule has 0 aliphatic carbocycles. The fourth-order valence-electron chi connectivity index (χ4n) is 2.41. The normalized spacial score (nSPS) is 11.9. The van der Waals surface area contributed by atoms with Crippen LogP contribution in [0.5, 0.6) is 0 Å². The second-order valence-electron chi connectivity index (χ2n) is 5.46. The van der Waals surface area contributed by atoms with E-state index in [1.165, 1.54) is 12.1 Å². The summed E-state index contributed by atoms with van der Waals surface area (Å²) >= 11 is 5.63. The Morgan fingerprint density at radius 1 is 1.17 bits per heavy atom. The minimum Gasteiger partial charge on any atom is -0.481 e. The third-order valence-corrected chi connectivity index (χ3v) is 3.88. The number of benzene rings is 2. The minimum atomic E-state index is -0.988. The molecule has 2 rings (SSSR count). The summed E-state index contributed by atoms with van der Waals surface area (Å²) in [7, 11) is 0. The lowest BCUT2D eigenvalue weighted by Crippen LogP contribution is -2.21. The van der Waals surface area contributed by atoms with Crippen LogP contribution in [0.2, 0.25) is 5.02 Å². The predicted octanol–water partition coefficient (Wildman–Crippen LogP) is 4.37. The summed E-state index contributed by atoms with van der Waals surface area (Å²) in [5.74, 6) is -2.31. The van der Waals surface area contributed by atoms with Gasteiger partial charge in [-0.15, -0.1) is 0 Å². The Morgan fingerprint density at radius 3 is 2.48 bits per heavy atom. The quantitative estimate of drug-likeness (QED) is 0.739. The molecule has 0 unspecified atom stereocenters. The van der Waals surface area contributed by atoms with Crippen LogP contribution in [0.3, 0.4) is 0 Å². The highest BCUT2D eigenvalue weighted by Crippen LogP contribution is 2.20. The lowest BCUT2D eigenvalue weighted by molar-refractivity contribution is -0.141. The van der Waals surface area contributed by atoms with E-state index in [1.807, 2.05) is 30.3 Å². The highest BCUT2D eigenvalue weighted by molar-refractivity contribution is 6.30. The SMILES string of the molecule is N=C(Cc1ccccc1)C[C@H](Cc1ccc(Cl)c(F)c1)C(=O)O. The molecule has 0 radical (unpaired) electrons. The molecule has 0 bridgehead atoms. The molecule has 0 saturated carbocycles. The number of halogens is 2. The van der Waals surface area contributed by atoms with Crippen LogP contribution < -0.4 is 0 Å². The zero-order valence-corrected chi connectivity index (χ0v) is 13.2. The number of rotatable bonds is 7. The van der Waals surface area contributed by atoms with Gasteiger partial charge in [0.15, 0.2) is 0 Å². The third kappa shape index (κ3) is 5.18. The summed E-state index contributed by atoms with van der Waals surface area (Å²) in [6.45, 7) is 0. The summed E-state index contributed by atoms with van der Waals surface area (Å²) in [5.41, 5.74) is 1.88. The Morgan fingerprint density at radius 2 is 1.87 bits per heavy atom. The third-order valence-electron chi connectivity index (χ3n) is 3.57. The number of hydrogen-bond acceptors (Lipinski definition) is 2. The van der Waals surface area contributed by atoms with Crippen molar-refractivity contribution in [3.05, 3.63) is 70.5 Å². The fourth-order valence-corrected chi connectivity index (χ4v) is 2.53. The van der Waals surface area contributed by atoms with Crippen LogP contribution in [0.15, 0.2) is 48.5 Å². The number of carbonyl (C=O) groups is 1. The fraction of sp³-hybridized carbons (Fsp3) is 0.222. The number of carboxylic acids is 1. The van der Waals surface area contributed by atoms with E-state index in [1.54, 1.807) is 6.07 Å². The molecular weight excluding hydrogens is 317 g/mol. The Bertz CT molecular complexity index is 703. The topological polar surface area (TPSA) is 61.2 Å². The molecule has 0 spiro atoms. The van der Waals surface area contributed by atoms with Gasteiger partial charge in [0, 0.05) is 12.1 Å². The van der Waals surface area contributed by atoms with Gasteiger partial charge in [-0.2, -0.15) is 0 Å². The van der Waals surface area contributed by atoms with Crippen molar-refractivity contribution in [3.8, 4) is 0 Å². The van der Waals surface area contributed by atoms with Crippen LogP contribution in [0.1, 0.15) is 17.5 Å². The van der Waals surface area contributed by atoms with Gasteiger partial charge in [-0.05, 0) is 36.1 Å². The van der Waals surface area contributed by atoms with E-state index in [2.05, 4.69) is 0 Å². The molecule has 2 N–H and O–H groups in total. The molecule has 120 valence electrons. The lowest BCUT2D eigenvalue weighted by Gasteiger charge is -2.13. The molecule has 3 nitrogen and oxygen atoms in total. The smallest absolute Gasteiger partial charge is 0.307 e. The number of aliphatic carboxylic acids is 1. The van der Waals surface area contributed by atoms with Gasteiger partial charge < -0.3 is 10.5 Å². The molecule has 0 aromatic heterocycles. The first-order chi connectivity index (χ1) is 11.0. The van der Waals surface area contributed by atoms with Crippen LogP contribution in [-0.4, -0.2) is 16.8 Å². The van der Waals surface area contributed by atoms with Crippen molar-refractivity contribution in [1.29, 1.82) is 5.41 Å². The molecule has 0 amide bonds. The molecule has 0 fully saturated rings. The minimum absolute atomic E-state index is 0.0115. The maximum absolute atomic E-state index is 13.5. The zero-order valence-electron chi connectivity index (χ0n) is 12.4. The van der Waals surface area contributed by atoms with E-state index < -0.39 is 17.7 Å². The van der Waals surface area contributed by atoms with Crippen molar-refractivity contribution in [3.63, 3.8) is 0 Å². The first-order valence-electron chi connectivity index (χ1n) is 7.22. The number of carboxylic acid groups (broad SMARTS) is 1. The van der Waals surface area contributed by atoms with Crippen molar-refractivity contribution < 1.29 is 14.3 Å². The van der Waals surface area contributed by atoms with Gasteiger partial charge in [-0.25, -0.2) is 4.39 Å². The lowest BCUT2D eigenvalue weighted by atomic mass is 9.92. The average molecular weight is 334 g/mol. The summed E-state index contributed by atoms with van der Waals surface area (Å²) in [5, 5.41) is 17.4. The van der Waals surface area contributed by atoms with Gasteiger partial charge in [0.2, 0.25) is 0 Å². The molecule has 0 aliphatic heterocycles. The first-order valence-corrected chi connectivity index (χ1v) is 7.60. The van der Waals surface area contributed by atoms with Gasteiger partial charge in [0.05, 0.1) is 10.9 Å². The van der Waals surface area contributed by atoms with Gasteiger partial charge in [0.1, 0.15) is 5.82 Å². The number of hydrogen-bond donors (Lipinski definition) is 2. The largest absolute Gasteiger partial charge is 0.481 e. The van der Waals surface area contributed by atoms with Gasteiger partial charge in [-0.1, -0.05) is 48.0 Å². The second-order valence-corrected chi connectivity index (χ2v) is 5.86. The maximum Gasteiger partial charge on any atom is 0.307 e. The molecule has 23 heavy (non-hydrogen) atoms. The van der Waals surface area contributed by atoms with E-state index in [0.717, 1.165) is 5.56 Å². The van der Waals surface area contributed by atoms with Crippen LogP contribution >= 0.6 is 11.6 Å². The van der Waals surface area contributed by atoms with E-state index in [0.29, 0.717) is 17.7 Å². The summed E-state index contributed by atoms with van der Waals surface area (Å²) in [6.07, 6.45) is 0.717. The van der Waals surface area contributed by atoms with Crippen molar-refractivity contribution in [2.75, 3.05) is 0 Å². The van der Waals surface area contributed by atoms with Crippen LogP contribution in [0.25, 0.3) is 0 Å². The van der Waals surface area contributed by atoms with Crippen LogP contribution in [-0.2, 0) is 17.6 Å². The average Bonchev–Trinajstić information content (AvgIpc) is 2.51. The van der Waals surface area contributed by atoms with Crippen molar-refractivity contribution in [2.45, 2.75) is 19.3 Å². The van der Waals surface area contributed by atoms with Gasteiger partial charge >= 0.3 is 5.97 Å². The number of nitrogens with one attached hydrogen (secondary N) is 1. The van der Waals surface area contributed by atoms with Gasteiger partial charge in [0.25, 0.3) is 0 Å². The Balaban J connectivity index is 2.02. The van der Waals surface area contributed by atoms with Gasteiger partial charge in [-0.3, -0.25) is 4.79 Å². The van der Waals surface area contributed by atoms with Crippen molar-refractivity contribution in [2.24, 2.45) is 5.92 Å². The standard InChI is InChI=1S/C18H17ClFNO2/c19-16-7-6-13(10-17(16)20)8-14(18(22)23)11-15(21)9-12-4-2-1-3-5-12/h1-7,10,14,21H,8-9,11H2,(H,22,23)/t14-/m0/s1. The Kier molecular flexibility index (Phi) is 5.88. The molecule has 2 aromatic rings. The molecule has 0 saturated heterocycles. The van der Waals surface area contributed by atoms with E-state index >= 15 is 0 Å². The maximum atomic E-state index is 13.5. The van der Waals surface area contributed by atoms with E-state index in [9.17, 15) is 14.3 Å². The van der Waals surface area contributed by atoms with Crippen molar-refractivity contribution >= 4 is 23.3 Å². The highest BCUT2D eigenvalue weighted by Gasteiger charge is 2.20. The summed E-state index contributed by atoms with van der Waals surface area (Å²) in [6, 6.07) is 13.7. The zero-order chi connectivity index (χ0) is 16.8. The predicted molar refractivity (Wildman–Crippen MR) is 88.7 cm³/mol. The van der Waals surface area contributed by atoms with Crippen LogP contribution in [0, 0.1) is 17.1 Å². The second kappa shape index (κ2) is 7.88. The molecule has 1 atom stereocenters. The summed E-state index contributed by atoms with van der Waals surface area (Å²) < 4.78 is 13.5. The summed E-state index contributed by atoms with van der Waals surface area (Å²) in [4.78, 5) is 11.4. The molecule has 0 aliphatic rings. The highest BCUT2D eigenvalue weighted by atomic mass is 35.5. The van der Waals surface area contributed by atoms with E-state index in [4.69, 9.17) is 17.0 Å². The molecule has 5 heteroatoms. The van der Waals surface area contributed by atoms with Crippen molar-refractivity contribution in [1.82, 2.24) is 0 Å². The van der Waals surface area contributed by atoms with E-state index in [-0.39, 0.29) is 17.9 Å². The Labute approximate surface area is 139 Å². The van der Waals surface area contributed by atoms with Crippen LogP contribution in [0.4, 0.5) is 4.39 Å². The molecule has 2 aromatic carbocycles.